The van der Waals surface area contributed by atoms with Crippen LogP contribution in [-0.2, 0) is 25.6 Å². The number of amides is 1. The van der Waals surface area contributed by atoms with Crippen molar-refractivity contribution in [3.63, 3.8) is 0 Å². The van der Waals surface area contributed by atoms with E-state index in [1.54, 1.807) is 31.4 Å². The van der Waals surface area contributed by atoms with Crippen LogP contribution < -0.4 is 5.32 Å². The number of halogens is 2. The summed E-state index contributed by atoms with van der Waals surface area (Å²) in [5.41, 5.74) is 1.29. The third kappa shape index (κ3) is 5.40. The van der Waals surface area contributed by atoms with Crippen molar-refractivity contribution in [1.29, 1.82) is 0 Å². The van der Waals surface area contributed by atoms with Gasteiger partial charge in [0.15, 0.2) is 6.10 Å². The molecule has 156 valence electrons. The summed E-state index contributed by atoms with van der Waals surface area (Å²) >= 11 is 0. The maximum atomic E-state index is 13.6. The summed E-state index contributed by atoms with van der Waals surface area (Å²) in [6.45, 7) is 6.41. The van der Waals surface area contributed by atoms with E-state index in [4.69, 9.17) is 9.47 Å². The molecule has 1 amide bonds. The number of anilines is 1. The molecule has 0 radical (unpaired) electrons. The van der Waals surface area contributed by atoms with Crippen LogP contribution in [0.25, 0.3) is 0 Å². The van der Waals surface area contributed by atoms with E-state index in [1.807, 2.05) is 0 Å². The maximum absolute atomic E-state index is 13.6. The van der Waals surface area contributed by atoms with E-state index in [2.05, 4.69) is 5.32 Å². The monoisotopic (exact) mass is 408 g/mol. The number of esters is 2. The number of carbonyl (C=O) groups excluding carboxylic acids is 3. The van der Waals surface area contributed by atoms with E-state index >= 15 is 0 Å². The van der Waals surface area contributed by atoms with E-state index in [1.165, 1.54) is 6.92 Å². The second kappa shape index (κ2) is 9.31. The SMILES string of the molecule is CCOC(=O)c1cc(C)n(CC(=O)OC(C)C(=O)Nc2ccc(F)cc2F)c1C. The summed E-state index contributed by atoms with van der Waals surface area (Å²) in [5.74, 6) is -3.70. The van der Waals surface area contributed by atoms with Gasteiger partial charge in [-0.15, -0.1) is 0 Å². The number of nitrogens with zero attached hydrogens (tertiary/aromatic N) is 1. The molecule has 7 nitrogen and oxygen atoms in total. The molecule has 1 aromatic heterocycles. The molecule has 1 aromatic carbocycles. The molecule has 2 aromatic rings. The minimum Gasteiger partial charge on any atom is -0.462 e. The Hall–Kier alpha value is -3.23. The fraction of sp³-hybridized carbons (Fsp3) is 0.350. The lowest BCUT2D eigenvalue weighted by molar-refractivity contribution is -0.153. The Kier molecular flexibility index (Phi) is 7.08. The molecule has 0 fully saturated rings. The van der Waals surface area contributed by atoms with Crippen molar-refractivity contribution in [2.45, 2.75) is 40.3 Å². The highest BCUT2D eigenvalue weighted by Gasteiger charge is 2.22. The van der Waals surface area contributed by atoms with Crippen LogP contribution >= 0.6 is 0 Å². The third-order valence-electron chi connectivity index (χ3n) is 4.22. The average molecular weight is 408 g/mol. The van der Waals surface area contributed by atoms with Gasteiger partial charge in [0.25, 0.3) is 5.91 Å². The summed E-state index contributed by atoms with van der Waals surface area (Å²) in [7, 11) is 0. The minimum absolute atomic E-state index is 0.223. The molecule has 0 bridgehead atoms. The molecule has 1 unspecified atom stereocenters. The lowest BCUT2D eigenvalue weighted by Crippen LogP contribution is -2.31. The van der Waals surface area contributed by atoms with E-state index in [0.717, 1.165) is 12.1 Å². The predicted molar refractivity (Wildman–Crippen MR) is 100 cm³/mol. The van der Waals surface area contributed by atoms with Gasteiger partial charge in [0.2, 0.25) is 0 Å². The van der Waals surface area contributed by atoms with Gasteiger partial charge in [-0.25, -0.2) is 13.6 Å². The van der Waals surface area contributed by atoms with Gasteiger partial charge in [0.1, 0.15) is 18.2 Å². The molecule has 29 heavy (non-hydrogen) atoms. The highest BCUT2D eigenvalue weighted by Crippen LogP contribution is 2.18. The summed E-state index contributed by atoms with van der Waals surface area (Å²) < 4.78 is 38.2. The van der Waals surface area contributed by atoms with Gasteiger partial charge in [-0.05, 0) is 45.9 Å². The second-order valence-electron chi connectivity index (χ2n) is 6.34. The Bertz CT molecular complexity index is 939. The standard InChI is InChI=1S/C20H22F2N2O5/c1-5-28-20(27)15-8-11(2)24(12(15)3)10-18(25)29-13(4)19(26)23-17-7-6-14(21)9-16(17)22/h6-9,13H,5,10H2,1-4H3,(H,23,26). The molecule has 9 heteroatoms. The molecule has 0 aliphatic carbocycles. The Morgan fingerprint density at radius 2 is 1.86 bits per heavy atom. The zero-order valence-electron chi connectivity index (χ0n) is 16.5. The van der Waals surface area contributed by atoms with Crippen molar-refractivity contribution in [3.05, 3.63) is 52.9 Å². The summed E-state index contributed by atoms with van der Waals surface area (Å²) in [5, 5.41) is 2.24. The third-order valence-corrected chi connectivity index (χ3v) is 4.22. The van der Waals surface area contributed by atoms with E-state index in [-0.39, 0.29) is 18.8 Å². The van der Waals surface area contributed by atoms with Crippen LogP contribution in [0.2, 0.25) is 0 Å². The number of benzene rings is 1. The number of nitrogens with one attached hydrogen (secondary N) is 1. The van der Waals surface area contributed by atoms with Crippen molar-refractivity contribution in [2.75, 3.05) is 11.9 Å². The lowest BCUT2D eigenvalue weighted by Gasteiger charge is -2.15. The first-order valence-corrected chi connectivity index (χ1v) is 8.93. The topological polar surface area (TPSA) is 86.6 Å². The largest absolute Gasteiger partial charge is 0.462 e. The van der Waals surface area contributed by atoms with Crippen LogP contribution in [0, 0.1) is 25.5 Å². The van der Waals surface area contributed by atoms with Gasteiger partial charge in [-0.3, -0.25) is 9.59 Å². The molecule has 2 rings (SSSR count). The number of rotatable bonds is 7. The summed E-state index contributed by atoms with van der Waals surface area (Å²) in [4.78, 5) is 36.3. The zero-order chi connectivity index (χ0) is 21.7. The molecule has 0 spiro atoms. The van der Waals surface area contributed by atoms with Gasteiger partial charge < -0.3 is 19.4 Å². The number of aromatic nitrogens is 1. The van der Waals surface area contributed by atoms with Crippen LogP contribution in [0.3, 0.4) is 0 Å². The molecular formula is C20H22F2N2O5. The van der Waals surface area contributed by atoms with E-state index in [9.17, 15) is 23.2 Å². The number of hydrogen-bond donors (Lipinski definition) is 1. The fourth-order valence-corrected chi connectivity index (χ4v) is 2.70. The van der Waals surface area contributed by atoms with Gasteiger partial charge >= 0.3 is 11.9 Å². The number of ether oxygens (including phenoxy) is 2. The Balaban J connectivity index is 2.01. The van der Waals surface area contributed by atoms with Crippen LogP contribution in [0.5, 0.6) is 0 Å². The summed E-state index contributed by atoms with van der Waals surface area (Å²) in [6.07, 6.45) is -1.22. The lowest BCUT2D eigenvalue weighted by atomic mass is 10.2. The average Bonchev–Trinajstić information content (AvgIpc) is 2.92. The number of hydrogen-bond acceptors (Lipinski definition) is 5. The fourth-order valence-electron chi connectivity index (χ4n) is 2.70. The normalized spacial score (nSPS) is 11.7. The van der Waals surface area contributed by atoms with Crippen LogP contribution in [0.4, 0.5) is 14.5 Å². The zero-order valence-corrected chi connectivity index (χ0v) is 16.5. The maximum Gasteiger partial charge on any atom is 0.339 e. The van der Waals surface area contributed by atoms with E-state index < -0.39 is 35.6 Å². The quantitative estimate of drug-likeness (QED) is 0.712. The first-order valence-electron chi connectivity index (χ1n) is 8.93. The number of aryl methyl sites for hydroxylation is 1. The summed E-state index contributed by atoms with van der Waals surface area (Å²) in [6, 6.07) is 4.30. The highest BCUT2D eigenvalue weighted by molar-refractivity contribution is 5.95. The highest BCUT2D eigenvalue weighted by atomic mass is 19.1. The van der Waals surface area contributed by atoms with Crippen LogP contribution in [0.15, 0.2) is 24.3 Å². The predicted octanol–water partition coefficient (Wildman–Crippen LogP) is 3.13. The van der Waals surface area contributed by atoms with E-state index in [0.29, 0.717) is 23.0 Å². The first-order chi connectivity index (χ1) is 13.6. The first kappa shape index (κ1) is 22.1. The smallest absolute Gasteiger partial charge is 0.339 e. The molecule has 1 heterocycles. The van der Waals surface area contributed by atoms with Crippen molar-refractivity contribution in [2.24, 2.45) is 0 Å². The Labute approximate surface area is 166 Å². The van der Waals surface area contributed by atoms with Crippen LogP contribution in [-0.4, -0.2) is 35.1 Å². The molecule has 0 saturated carbocycles. The van der Waals surface area contributed by atoms with Crippen molar-refractivity contribution < 1.29 is 32.6 Å². The van der Waals surface area contributed by atoms with Gasteiger partial charge in [0, 0.05) is 17.5 Å². The van der Waals surface area contributed by atoms with Gasteiger partial charge in [-0.2, -0.15) is 0 Å². The number of carbonyl (C=O) groups is 3. The van der Waals surface area contributed by atoms with Crippen LogP contribution in [0.1, 0.15) is 35.6 Å². The Morgan fingerprint density at radius 1 is 1.17 bits per heavy atom. The molecule has 0 aliphatic heterocycles. The minimum atomic E-state index is -1.22. The van der Waals surface area contributed by atoms with Crippen molar-refractivity contribution in [3.8, 4) is 0 Å². The van der Waals surface area contributed by atoms with Crippen molar-refractivity contribution in [1.82, 2.24) is 4.57 Å². The van der Waals surface area contributed by atoms with Gasteiger partial charge in [-0.1, -0.05) is 0 Å². The molecule has 0 saturated heterocycles. The molecule has 1 atom stereocenters. The second-order valence-corrected chi connectivity index (χ2v) is 6.34. The van der Waals surface area contributed by atoms with Gasteiger partial charge in [0.05, 0.1) is 17.9 Å². The molecule has 1 N–H and O–H groups in total. The Morgan fingerprint density at radius 3 is 2.48 bits per heavy atom. The molecular weight excluding hydrogens is 386 g/mol. The molecule has 0 aliphatic rings. The van der Waals surface area contributed by atoms with Crippen molar-refractivity contribution >= 4 is 23.5 Å².